The molecule has 1 fully saturated rings. The van der Waals surface area contributed by atoms with Crippen LogP contribution >= 0.6 is 22.9 Å². The van der Waals surface area contributed by atoms with Crippen molar-refractivity contribution in [1.29, 1.82) is 0 Å². The highest BCUT2D eigenvalue weighted by Crippen LogP contribution is 2.35. The number of amides is 1. The summed E-state index contributed by atoms with van der Waals surface area (Å²) < 4.78 is 6.39. The third kappa shape index (κ3) is 3.53. The van der Waals surface area contributed by atoms with E-state index in [1.807, 2.05) is 36.4 Å². The molecule has 2 aromatic heterocycles. The lowest BCUT2D eigenvalue weighted by Gasteiger charge is -2.28. The molecule has 3 aromatic rings. The standard InChI is InChI=1S/C19H18ClN3O2S/c20-17-14-3-1-2-4-15(14)26-18(17)19(24)22-12-13-5-6-21-16(11-13)23-7-9-25-10-8-23/h1-6,11H,7-10,12H2,(H,22,24). The minimum Gasteiger partial charge on any atom is -0.378 e. The van der Waals surface area contributed by atoms with Crippen molar-refractivity contribution >= 4 is 44.7 Å². The van der Waals surface area contributed by atoms with E-state index >= 15 is 0 Å². The first-order valence-corrected chi connectivity index (χ1v) is 9.64. The number of aromatic nitrogens is 1. The van der Waals surface area contributed by atoms with E-state index in [4.69, 9.17) is 16.3 Å². The third-order valence-electron chi connectivity index (χ3n) is 4.34. The molecule has 1 N–H and O–H groups in total. The van der Waals surface area contributed by atoms with E-state index in [9.17, 15) is 4.79 Å². The molecule has 1 saturated heterocycles. The lowest BCUT2D eigenvalue weighted by Crippen LogP contribution is -2.36. The van der Waals surface area contributed by atoms with Crippen LogP contribution in [0.1, 0.15) is 15.2 Å². The molecular weight excluding hydrogens is 370 g/mol. The van der Waals surface area contributed by atoms with Gasteiger partial charge in [-0.1, -0.05) is 29.8 Å². The van der Waals surface area contributed by atoms with Gasteiger partial charge in [0.1, 0.15) is 10.7 Å². The summed E-state index contributed by atoms with van der Waals surface area (Å²) >= 11 is 7.80. The zero-order valence-corrected chi connectivity index (χ0v) is 15.6. The average Bonchev–Trinajstić information content (AvgIpc) is 3.04. The van der Waals surface area contributed by atoms with E-state index in [1.54, 1.807) is 6.20 Å². The first-order valence-electron chi connectivity index (χ1n) is 8.45. The summed E-state index contributed by atoms with van der Waals surface area (Å²) in [5.74, 6) is 0.765. The van der Waals surface area contributed by atoms with Crippen LogP contribution in [0.4, 0.5) is 5.82 Å². The maximum Gasteiger partial charge on any atom is 0.263 e. The molecule has 0 spiro atoms. The van der Waals surface area contributed by atoms with Crippen LogP contribution in [0.5, 0.6) is 0 Å². The molecule has 1 aliphatic rings. The summed E-state index contributed by atoms with van der Waals surface area (Å²) in [7, 11) is 0. The van der Waals surface area contributed by atoms with Gasteiger partial charge in [0, 0.05) is 35.9 Å². The number of thiophene rings is 1. The fourth-order valence-corrected chi connectivity index (χ4v) is 4.39. The predicted octanol–water partition coefficient (Wildman–Crippen LogP) is 3.72. The first-order chi connectivity index (χ1) is 12.7. The molecule has 0 radical (unpaired) electrons. The van der Waals surface area contributed by atoms with Gasteiger partial charge in [0.25, 0.3) is 5.91 Å². The topological polar surface area (TPSA) is 54.5 Å². The molecule has 0 unspecified atom stereocenters. The van der Waals surface area contributed by atoms with Crippen LogP contribution in [0, 0.1) is 0 Å². The SMILES string of the molecule is O=C(NCc1ccnc(N2CCOCC2)c1)c1sc2ccccc2c1Cl. The lowest BCUT2D eigenvalue weighted by molar-refractivity contribution is 0.0955. The van der Waals surface area contributed by atoms with Crippen molar-refractivity contribution < 1.29 is 9.53 Å². The number of halogens is 1. The fourth-order valence-electron chi connectivity index (χ4n) is 2.96. The second-order valence-corrected chi connectivity index (χ2v) is 7.48. The molecular formula is C19H18ClN3O2S. The molecule has 3 heterocycles. The molecule has 0 atom stereocenters. The summed E-state index contributed by atoms with van der Waals surface area (Å²) in [5.41, 5.74) is 1.01. The van der Waals surface area contributed by atoms with Gasteiger partial charge < -0.3 is 15.0 Å². The van der Waals surface area contributed by atoms with Gasteiger partial charge in [-0.2, -0.15) is 0 Å². The van der Waals surface area contributed by atoms with Crippen molar-refractivity contribution in [3.05, 3.63) is 58.1 Å². The Morgan fingerprint density at radius 2 is 2.08 bits per heavy atom. The molecule has 26 heavy (non-hydrogen) atoms. The van der Waals surface area contributed by atoms with Crippen molar-refractivity contribution in [3.63, 3.8) is 0 Å². The molecule has 1 aromatic carbocycles. The van der Waals surface area contributed by atoms with Crippen molar-refractivity contribution in [2.45, 2.75) is 6.54 Å². The zero-order chi connectivity index (χ0) is 17.9. The Bertz CT molecular complexity index is 937. The first kappa shape index (κ1) is 17.3. The van der Waals surface area contributed by atoms with E-state index in [0.29, 0.717) is 29.7 Å². The quantitative estimate of drug-likeness (QED) is 0.741. The summed E-state index contributed by atoms with van der Waals surface area (Å²) in [5, 5.41) is 4.40. The molecule has 4 rings (SSSR count). The number of benzene rings is 1. The van der Waals surface area contributed by atoms with Gasteiger partial charge in [-0.15, -0.1) is 11.3 Å². The van der Waals surface area contributed by atoms with Crippen molar-refractivity contribution in [2.24, 2.45) is 0 Å². The summed E-state index contributed by atoms with van der Waals surface area (Å²) in [4.78, 5) is 19.7. The number of anilines is 1. The molecule has 0 bridgehead atoms. The highest BCUT2D eigenvalue weighted by Gasteiger charge is 2.17. The minimum atomic E-state index is -0.152. The van der Waals surface area contributed by atoms with Crippen molar-refractivity contribution in [1.82, 2.24) is 10.3 Å². The number of nitrogens with zero attached hydrogens (tertiary/aromatic N) is 2. The third-order valence-corrected chi connectivity index (χ3v) is 6.01. The summed E-state index contributed by atoms with van der Waals surface area (Å²) in [6, 6.07) is 11.7. The Balaban J connectivity index is 1.46. The fraction of sp³-hybridized carbons (Fsp3) is 0.263. The van der Waals surface area contributed by atoms with Crippen LogP contribution < -0.4 is 10.2 Å². The number of nitrogens with one attached hydrogen (secondary N) is 1. The molecule has 7 heteroatoms. The van der Waals surface area contributed by atoms with Gasteiger partial charge in [0.2, 0.25) is 0 Å². The molecule has 5 nitrogen and oxygen atoms in total. The number of ether oxygens (including phenoxy) is 1. The molecule has 1 aliphatic heterocycles. The van der Waals surface area contributed by atoms with Gasteiger partial charge >= 0.3 is 0 Å². The van der Waals surface area contributed by atoms with Crippen LogP contribution in [0.3, 0.4) is 0 Å². The number of hydrogen-bond acceptors (Lipinski definition) is 5. The molecule has 1 amide bonds. The maximum absolute atomic E-state index is 12.6. The number of carbonyl (C=O) groups excluding carboxylic acids is 1. The molecule has 0 saturated carbocycles. The van der Waals surface area contributed by atoms with Crippen molar-refractivity contribution in [2.75, 3.05) is 31.2 Å². The predicted molar refractivity (Wildman–Crippen MR) is 105 cm³/mol. The minimum absolute atomic E-state index is 0.152. The Labute approximate surface area is 160 Å². The number of fused-ring (bicyclic) bond motifs is 1. The number of morpholine rings is 1. The average molecular weight is 388 g/mol. The smallest absolute Gasteiger partial charge is 0.263 e. The van der Waals surface area contributed by atoms with Gasteiger partial charge in [0.15, 0.2) is 0 Å². The van der Waals surface area contributed by atoms with Crippen molar-refractivity contribution in [3.8, 4) is 0 Å². The second-order valence-electron chi connectivity index (χ2n) is 6.05. The number of carbonyl (C=O) groups is 1. The van der Waals surface area contributed by atoms with Crippen LogP contribution in [0.25, 0.3) is 10.1 Å². The highest BCUT2D eigenvalue weighted by atomic mass is 35.5. The normalized spacial score (nSPS) is 14.6. The van der Waals surface area contributed by atoms with E-state index in [0.717, 1.165) is 34.6 Å². The lowest BCUT2D eigenvalue weighted by atomic mass is 10.2. The van der Waals surface area contributed by atoms with Gasteiger partial charge in [0.05, 0.1) is 18.2 Å². The van der Waals surface area contributed by atoms with Crippen LogP contribution in [-0.2, 0) is 11.3 Å². The van der Waals surface area contributed by atoms with Gasteiger partial charge in [-0.3, -0.25) is 4.79 Å². The van der Waals surface area contributed by atoms with E-state index in [2.05, 4.69) is 15.2 Å². The number of hydrogen-bond donors (Lipinski definition) is 1. The zero-order valence-electron chi connectivity index (χ0n) is 14.1. The Hall–Kier alpha value is -2.15. The molecule has 134 valence electrons. The van der Waals surface area contributed by atoms with E-state index in [1.165, 1.54) is 11.3 Å². The Morgan fingerprint density at radius 3 is 2.88 bits per heavy atom. The van der Waals surface area contributed by atoms with Gasteiger partial charge in [-0.25, -0.2) is 4.98 Å². The maximum atomic E-state index is 12.6. The van der Waals surface area contributed by atoms with Gasteiger partial charge in [-0.05, 0) is 23.8 Å². The van der Waals surface area contributed by atoms with Crippen LogP contribution in [0.2, 0.25) is 5.02 Å². The van der Waals surface area contributed by atoms with E-state index in [-0.39, 0.29) is 5.91 Å². The van der Waals surface area contributed by atoms with Crippen LogP contribution in [-0.4, -0.2) is 37.2 Å². The van der Waals surface area contributed by atoms with E-state index < -0.39 is 0 Å². The Morgan fingerprint density at radius 1 is 1.27 bits per heavy atom. The largest absolute Gasteiger partial charge is 0.378 e. The molecule has 0 aliphatic carbocycles. The van der Waals surface area contributed by atoms with Crippen LogP contribution in [0.15, 0.2) is 42.6 Å². The number of rotatable bonds is 4. The summed E-state index contributed by atoms with van der Waals surface area (Å²) in [6.45, 7) is 3.53. The highest BCUT2D eigenvalue weighted by molar-refractivity contribution is 7.21. The summed E-state index contributed by atoms with van der Waals surface area (Å²) in [6.07, 6.45) is 1.78. The second kappa shape index (κ2) is 7.61. The Kier molecular flexibility index (Phi) is 5.06. The monoisotopic (exact) mass is 387 g/mol. The number of pyridine rings is 1.